The van der Waals surface area contributed by atoms with E-state index in [2.05, 4.69) is 22.5 Å². The highest BCUT2D eigenvalue weighted by molar-refractivity contribution is 8.01. The summed E-state index contributed by atoms with van der Waals surface area (Å²) in [6.45, 7) is 1.81. The number of benzene rings is 3. The van der Waals surface area contributed by atoms with Crippen molar-refractivity contribution in [3.8, 4) is 0 Å². The molecule has 0 aliphatic carbocycles. The first kappa shape index (κ1) is 23.7. The van der Waals surface area contributed by atoms with Gasteiger partial charge in [-0.05, 0) is 41.8 Å². The predicted molar refractivity (Wildman–Crippen MR) is 138 cm³/mol. The molecule has 8 heteroatoms. The molecule has 2 fully saturated rings. The number of anilines is 1. The minimum Gasteiger partial charge on any atom is -0.380 e. The van der Waals surface area contributed by atoms with Gasteiger partial charge in [-0.1, -0.05) is 66.2 Å². The van der Waals surface area contributed by atoms with Crippen molar-refractivity contribution < 1.29 is 14.3 Å². The van der Waals surface area contributed by atoms with E-state index in [0.717, 1.165) is 36.3 Å². The van der Waals surface area contributed by atoms with Gasteiger partial charge in [0.15, 0.2) is 5.25 Å². The standard InChI is InChI=1S/C27H26ClN3O3S/c1-34-21-15-16-30(17-21)20-13-11-19(12-14-20)24(18-7-3-2-4-8-18)31-27(33)25(26(32)29-31)35-23-10-6-5-9-22(23)28/h2-14,21,24-25H,15-17H2,1H3,(H,29,32)/t21-,24?,25?/m0/s1. The Kier molecular flexibility index (Phi) is 7.00. The van der Waals surface area contributed by atoms with E-state index in [1.807, 2.05) is 60.7 Å². The van der Waals surface area contributed by atoms with Crippen LogP contribution in [0.5, 0.6) is 0 Å². The fraction of sp³-hybridized carbons (Fsp3) is 0.259. The van der Waals surface area contributed by atoms with Crippen LogP contribution in [0.3, 0.4) is 0 Å². The third-order valence-electron chi connectivity index (χ3n) is 6.44. The lowest BCUT2D eigenvalue weighted by molar-refractivity contribution is -0.131. The van der Waals surface area contributed by atoms with Crippen molar-refractivity contribution in [1.29, 1.82) is 0 Å². The van der Waals surface area contributed by atoms with Crippen LogP contribution in [0.25, 0.3) is 0 Å². The van der Waals surface area contributed by atoms with Crippen LogP contribution in [0.15, 0.2) is 83.8 Å². The predicted octanol–water partition coefficient (Wildman–Crippen LogP) is 4.69. The highest BCUT2D eigenvalue weighted by atomic mass is 35.5. The Morgan fingerprint density at radius 2 is 1.66 bits per heavy atom. The van der Waals surface area contributed by atoms with E-state index in [4.69, 9.17) is 16.3 Å². The molecule has 2 unspecified atom stereocenters. The minimum absolute atomic E-state index is 0.247. The molecule has 0 saturated carbocycles. The van der Waals surface area contributed by atoms with Gasteiger partial charge in [0.1, 0.15) is 6.04 Å². The van der Waals surface area contributed by atoms with E-state index >= 15 is 0 Å². The van der Waals surface area contributed by atoms with Crippen LogP contribution in [0.4, 0.5) is 5.69 Å². The van der Waals surface area contributed by atoms with Gasteiger partial charge >= 0.3 is 0 Å². The summed E-state index contributed by atoms with van der Waals surface area (Å²) in [4.78, 5) is 29.4. The molecule has 2 heterocycles. The number of carbonyl (C=O) groups excluding carboxylic acids is 2. The summed E-state index contributed by atoms with van der Waals surface area (Å²) in [5.74, 6) is -0.638. The average Bonchev–Trinajstić information content (AvgIpc) is 3.47. The molecule has 1 N–H and O–H groups in total. The van der Waals surface area contributed by atoms with E-state index in [9.17, 15) is 9.59 Å². The molecule has 2 saturated heterocycles. The molecule has 0 aromatic heterocycles. The number of methoxy groups -OCH3 is 1. The van der Waals surface area contributed by atoms with Crippen molar-refractivity contribution in [2.24, 2.45) is 0 Å². The SMILES string of the molecule is CO[C@H]1CCN(c2ccc(C(c3ccccc3)N3NC(=O)C(Sc4ccccc4Cl)C3=O)cc2)C1. The van der Waals surface area contributed by atoms with Gasteiger partial charge in [-0.15, -0.1) is 11.8 Å². The number of nitrogens with one attached hydrogen (secondary N) is 1. The number of thioether (sulfide) groups is 1. The highest BCUT2D eigenvalue weighted by Crippen LogP contribution is 2.37. The normalized spacial score (nSPS) is 20.9. The van der Waals surface area contributed by atoms with Gasteiger partial charge < -0.3 is 9.64 Å². The van der Waals surface area contributed by atoms with Gasteiger partial charge in [0.05, 0.1) is 11.1 Å². The summed E-state index contributed by atoms with van der Waals surface area (Å²) in [5, 5.41) is 1.07. The molecule has 2 amide bonds. The second-order valence-electron chi connectivity index (χ2n) is 8.61. The van der Waals surface area contributed by atoms with E-state index in [-0.39, 0.29) is 17.9 Å². The number of carbonyl (C=O) groups is 2. The number of amides is 2. The van der Waals surface area contributed by atoms with Crippen LogP contribution in [0, 0.1) is 0 Å². The van der Waals surface area contributed by atoms with Crippen molar-refractivity contribution in [1.82, 2.24) is 10.4 Å². The molecule has 3 aromatic carbocycles. The zero-order valence-corrected chi connectivity index (χ0v) is 20.8. The molecular weight excluding hydrogens is 482 g/mol. The van der Waals surface area contributed by atoms with Crippen LogP contribution >= 0.6 is 23.4 Å². The molecule has 2 aliphatic heterocycles. The Morgan fingerprint density at radius 1 is 0.971 bits per heavy atom. The molecular formula is C27H26ClN3O3S. The maximum Gasteiger partial charge on any atom is 0.265 e. The molecule has 3 atom stereocenters. The minimum atomic E-state index is -0.907. The van der Waals surface area contributed by atoms with Crippen molar-refractivity contribution in [3.05, 3.63) is 95.0 Å². The number of hydrogen-bond donors (Lipinski definition) is 1. The smallest absolute Gasteiger partial charge is 0.265 e. The molecule has 0 bridgehead atoms. The van der Waals surface area contributed by atoms with Gasteiger partial charge in [-0.3, -0.25) is 15.0 Å². The van der Waals surface area contributed by atoms with E-state index in [0.29, 0.717) is 9.92 Å². The summed E-state index contributed by atoms with van der Waals surface area (Å²) in [7, 11) is 1.75. The van der Waals surface area contributed by atoms with Crippen LogP contribution in [-0.2, 0) is 14.3 Å². The van der Waals surface area contributed by atoms with Crippen LogP contribution in [-0.4, -0.2) is 48.4 Å². The first-order valence-electron chi connectivity index (χ1n) is 11.5. The number of halogens is 1. The summed E-state index contributed by atoms with van der Waals surface area (Å²) in [6.07, 6.45) is 1.25. The lowest BCUT2D eigenvalue weighted by Gasteiger charge is -2.28. The van der Waals surface area contributed by atoms with Crippen molar-refractivity contribution in [2.45, 2.75) is 28.7 Å². The van der Waals surface area contributed by atoms with Crippen LogP contribution in [0.2, 0.25) is 5.02 Å². The fourth-order valence-corrected chi connectivity index (χ4v) is 5.82. The fourth-order valence-electron chi connectivity index (χ4n) is 4.58. The van der Waals surface area contributed by atoms with Crippen molar-refractivity contribution in [3.63, 3.8) is 0 Å². The molecule has 3 aromatic rings. The molecule has 0 radical (unpaired) electrons. The molecule has 5 rings (SSSR count). The zero-order valence-electron chi connectivity index (χ0n) is 19.3. The largest absolute Gasteiger partial charge is 0.380 e. The molecule has 6 nitrogen and oxygen atoms in total. The van der Waals surface area contributed by atoms with E-state index in [1.54, 1.807) is 13.2 Å². The number of hydrazine groups is 1. The van der Waals surface area contributed by atoms with Gasteiger partial charge in [0.25, 0.3) is 11.8 Å². The van der Waals surface area contributed by atoms with Crippen LogP contribution < -0.4 is 10.3 Å². The Balaban J connectivity index is 1.43. The Hall–Kier alpha value is -3.00. The van der Waals surface area contributed by atoms with Gasteiger partial charge in [-0.25, -0.2) is 5.01 Å². The maximum atomic E-state index is 13.5. The Labute approximate surface area is 214 Å². The van der Waals surface area contributed by atoms with Crippen molar-refractivity contribution in [2.75, 3.05) is 25.1 Å². The monoisotopic (exact) mass is 507 g/mol. The Bertz CT molecular complexity index is 1210. The number of rotatable bonds is 7. The van der Waals surface area contributed by atoms with E-state index in [1.165, 1.54) is 16.8 Å². The summed E-state index contributed by atoms with van der Waals surface area (Å²) in [6, 6.07) is 24.7. The highest BCUT2D eigenvalue weighted by Gasteiger charge is 2.44. The second-order valence-corrected chi connectivity index (χ2v) is 10.2. The zero-order chi connectivity index (χ0) is 24.4. The quantitative estimate of drug-likeness (QED) is 0.470. The Morgan fingerprint density at radius 3 is 2.34 bits per heavy atom. The topological polar surface area (TPSA) is 61.9 Å². The summed E-state index contributed by atoms with van der Waals surface area (Å²) >= 11 is 7.46. The second kappa shape index (κ2) is 10.3. The van der Waals surface area contributed by atoms with Crippen molar-refractivity contribution >= 4 is 40.9 Å². The number of ether oxygens (including phenoxy) is 1. The first-order chi connectivity index (χ1) is 17.0. The van der Waals surface area contributed by atoms with Gasteiger partial charge in [-0.2, -0.15) is 0 Å². The lowest BCUT2D eigenvalue weighted by atomic mass is 9.97. The third kappa shape index (κ3) is 4.89. The number of hydrogen-bond acceptors (Lipinski definition) is 5. The molecule has 2 aliphatic rings. The molecule has 35 heavy (non-hydrogen) atoms. The average molecular weight is 508 g/mol. The summed E-state index contributed by atoms with van der Waals surface area (Å²) in [5.41, 5.74) is 5.77. The summed E-state index contributed by atoms with van der Waals surface area (Å²) < 4.78 is 5.50. The van der Waals surface area contributed by atoms with Gasteiger partial charge in [0, 0.05) is 30.8 Å². The molecule has 180 valence electrons. The van der Waals surface area contributed by atoms with Crippen LogP contribution in [0.1, 0.15) is 23.6 Å². The first-order valence-corrected chi connectivity index (χ1v) is 12.8. The van der Waals surface area contributed by atoms with Gasteiger partial charge in [0.2, 0.25) is 0 Å². The number of nitrogens with zero attached hydrogens (tertiary/aromatic N) is 2. The van der Waals surface area contributed by atoms with E-state index < -0.39 is 11.3 Å². The maximum absolute atomic E-state index is 13.5. The molecule has 0 spiro atoms. The lowest BCUT2D eigenvalue weighted by Crippen LogP contribution is -2.40. The third-order valence-corrected chi connectivity index (χ3v) is 8.14.